The molecular weight excluding hydrogens is 432 g/mol. The number of carbonyl (C=O) groups is 1. The SMILES string of the molecule is CN(C)c1ccc(CNC(=O)c2cccc(-c3nc4ccccc4n3Cc3ccccc3)c2)cc1. The molecule has 0 atom stereocenters. The average Bonchev–Trinajstić information content (AvgIpc) is 3.26. The summed E-state index contributed by atoms with van der Waals surface area (Å²) in [6.07, 6.45) is 0. The number of nitrogens with zero attached hydrogens (tertiary/aromatic N) is 3. The largest absolute Gasteiger partial charge is 0.378 e. The molecule has 0 fully saturated rings. The standard InChI is InChI=1S/C30H28N4O/c1-33(2)26-17-15-22(16-18-26)20-31-30(35)25-12-8-11-24(19-25)29-32-27-13-6-7-14-28(27)34(29)21-23-9-4-3-5-10-23/h3-19H,20-21H2,1-2H3,(H,31,35). The molecule has 4 aromatic carbocycles. The maximum Gasteiger partial charge on any atom is 0.251 e. The van der Waals surface area contributed by atoms with Crippen molar-refractivity contribution in [3.05, 3.63) is 120 Å². The molecule has 0 spiro atoms. The van der Waals surface area contributed by atoms with Gasteiger partial charge in [0.25, 0.3) is 5.91 Å². The molecule has 0 saturated carbocycles. The van der Waals surface area contributed by atoms with E-state index in [4.69, 9.17) is 4.98 Å². The zero-order valence-electron chi connectivity index (χ0n) is 20.0. The average molecular weight is 461 g/mol. The van der Waals surface area contributed by atoms with Crippen LogP contribution in [0.1, 0.15) is 21.5 Å². The first-order valence-electron chi connectivity index (χ1n) is 11.7. The van der Waals surface area contributed by atoms with Crippen molar-refractivity contribution < 1.29 is 4.79 Å². The lowest BCUT2D eigenvalue weighted by molar-refractivity contribution is 0.0951. The molecule has 5 heteroatoms. The van der Waals surface area contributed by atoms with Crippen molar-refractivity contribution in [2.45, 2.75) is 13.1 Å². The van der Waals surface area contributed by atoms with E-state index in [1.165, 1.54) is 5.56 Å². The summed E-state index contributed by atoms with van der Waals surface area (Å²) >= 11 is 0. The van der Waals surface area contributed by atoms with Gasteiger partial charge in [0.15, 0.2) is 0 Å². The van der Waals surface area contributed by atoms with Crippen LogP contribution in [-0.4, -0.2) is 29.6 Å². The van der Waals surface area contributed by atoms with Gasteiger partial charge in [0, 0.05) is 44.0 Å². The van der Waals surface area contributed by atoms with E-state index in [9.17, 15) is 4.79 Å². The molecule has 1 amide bonds. The summed E-state index contributed by atoms with van der Waals surface area (Å²) in [6.45, 7) is 1.18. The summed E-state index contributed by atoms with van der Waals surface area (Å²) in [4.78, 5) is 20.0. The number of para-hydroxylation sites is 2. The Labute approximate surface area is 205 Å². The predicted octanol–water partition coefficient (Wildman–Crippen LogP) is 5.75. The summed E-state index contributed by atoms with van der Waals surface area (Å²) in [6, 6.07) is 34.4. The second-order valence-corrected chi connectivity index (χ2v) is 8.82. The molecule has 5 nitrogen and oxygen atoms in total. The van der Waals surface area contributed by atoms with Gasteiger partial charge in [-0.1, -0.05) is 66.7 Å². The fourth-order valence-electron chi connectivity index (χ4n) is 4.22. The Balaban J connectivity index is 1.41. The zero-order valence-corrected chi connectivity index (χ0v) is 20.0. The summed E-state index contributed by atoms with van der Waals surface area (Å²) in [5.74, 6) is 0.748. The second-order valence-electron chi connectivity index (χ2n) is 8.82. The lowest BCUT2D eigenvalue weighted by Crippen LogP contribution is -2.22. The van der Waals surface area contributed by atoms with Crippen molar-refractivity contribution in [3.8, 4) is 11.4 Å². The summed E-state index contributed by atoms with van der Waals surface area (Å²) in [5.41, 5.74) is 6.93. The number of benzene rings is 4. The van der Waals surface area contributed by atoms with Crippen LogP contribution in [0.2, 0.25) is 0 Å². The first kappa shape index (κ1) is 22.4. The maximum atomic E-state index is 13.0. The van der Waals surface area contributed by atoms with E-state index in [-0.39, 0.29) is 5.91 Å². The first-order valence-corrected chi connectivity index (χ1v) is 11.7. The molecule has 0 saturated heterocycles. The number of nitrogens with one attached hydrogen (secondary N) is 1. The molecule has 35 heavy (non-hydrogen) atoms. The molecule has 0 radical (unpaired) electrons. The molecule has 0 aliphatic heterocycles. The molecule has 5 rings (SSSR count). The van der Waals surface area contributed by atoms with Crippen molar-refractivity contribution >= 4 is 22.6 Å². The Bertz CT molecular complexity index is 1450. The Kier molecular flexibility index (Phi) is 6.31. The Morgan fingerprint density at radius 1 is 0.829 bits per heavy atom. The van der Waals surface area contributed by atoms with Gasteiger partial charge >= 0.3 is 0 Å². The number of rotatable bonds is 7. The van der Waals surface area contributed by atoms with Crippen LogP contribution in [0.5, 0.6) is 0 Å². The van der Waals surface area contributed by atoms with Gasteiger partial charge in [-0.15, -0.1) is 0 Å². The lowest BCUT2D eigenvalue weighted by Gasteiger charge is -2.13. The van der Waals surface area contributed by atoms with Crippen molar-refractivity contribution in [2.75, 3.05) is 19.0 Å². The fourth-order valence-corrected chi connectivity index (χ4v) is 4.22. The molecule has 174 valence electrons. The van der Waals surface area contributed by atoms with Crippen LogP contribution < -0.4 is 10.2 Å². The van der Waals surface area contributed by atoms with Crippen LogP contribution in [0.15, 0.2) is 103 Å². The third-order valence-electron chi connectivity index (χ3n) is 6.13. The van der Waals surface area contributed by atoms with Crippen molar-refractivity contribution in [3.63, 3.8) is 0 Å². The summed E-state index contributed by atoms with van der Waals surface area (Å²) in [5, 5.41) is 3.04. The first-order chi connectivity index (χ1) is 17.1. The molecule has 0 aliphatic carbocycles. The number of carbonyl (C=O) groups excluding carboxylic acids is 1. The van der Waals surface area contributed by atoms with Crippen LogP contribution >= 0.6 is 0 Å². The minimum absolute atomic E-state index is 0.103. The molecule has 5 aromatic rings. The summed E-state index contributed by atoms with van der Waals surface area (Å²) < 4.78 is 2.22. The number of hydrogen-bond acceptors (Lipinski definition) is 3. The van der Waals surface area contributed by atoms with E-state index in [1.807, 2.05) is 86.9 Å². The number of fused-ring (bicyclic) bond motifs is 1. The highest BCUT2D eigenvalue weighted by Crippen LogP contribution is 2.26. The van der Waals surface area contributed by atoms with Gasteiger partial charge in [0.2, 0.25) is 0 Å². The zero-order chi connectivity index (χ0) is 24.2. The molecule has 0 unspecified atom stereocenters. The van der Waals surface area contributed by atoms with E-state index in [1.54, 1.807) is 0 Å². The number of amides is 1. The van der Waals surface area contributed by atoms with Crippen molar-refractivity contribution in [1.29, 1.82) is 0 Å². The van der Waals surface area contributed by atoms with Crippen LogP contribution in [0, 0.1) is 0 Å². The third-order valence-corrected chi connectivity index (χ3v) is 6.13. The molecule has 1 N–H and O–H groups in total. The van der Waals surface area contributed by atoms with Crippen molar-refractivity contribution in [1.82, 2.24) is 14.9 Å². The van der Waals surface area contributed by atoms with Crippen LogP contribution in [0.3, 0.4) is 0 Å². The molecule has 0 aliphatic rings. The Hall–Kier alpha value is -4.38. The van der Waals surface area contributed by atoms with Gasteiger partial charge in [-0.25, -0.2) is 4.98 Å². The Morgan fingerprint density at radius 2 is 1.57 bits per heavy atom. The van der Waals surface area contributed by atoms with Crippen LogP contribution in [0.4, 0.5) is 5.69 Å². The number of anilines is 1. The highest BCUT2D eigenvalue weighted by Gasteiger charge is 2.15. The van der Waals surface area contributed by atoms with E-state index >= 15 is 0 Å². The highest BCUT2D eigenvalue weighted by molar-refractivity contribution is 5.95. The third kappa shape index (κ3) is 4.94. The van der Waals surface area contributed by atoms with E-state index in [0.717, 1.165) is 33.7 Å². The van der Waals surface area contributed by atoms with Crippen LogP contribution in [-0.2, 0) is 13.1 Å². The fraction of sp³-hybridized carbons (Fsp3) is 0.133. The quantitative estimate of drug-likeness (QED) is 0.337. The number of imidazole rings is 1. The molecule has 0 bridgehead atoms. The molecular formula is C30H28N4O. The number of aromatic nitrogens is 2. The monoisotopic (exact) mass is 460 g/mol. The van der Waals surface area contributed by atoms with E-state index in [2.05, 4.69) is 45.1 Å². The van der Waals surface area contributed by atoms with E-state index < -0.39 is 0 Å². The maximum absolute atomic E-state index is 13.0. The molecule has 1 aromatic heterocycles. The van der Waals surface area contributed by atoms with Crippen LogP contribution in [0.25, 0.3) is 22.4 Å². The minimum Gasteiger partial charge on any atom is -0.378 e. The van der Waals surface area contributed by atoms with Crippen molar-refractivity contribution in [2.24, 2.45) is 0 Å². The normalized spacial score (nSPS) is 10.9. The summed E-state index contributed by atoms with van der Waals surface area (Å²) in [7, 11) is 4.02. The smallest absolute Gasteiger partial charge is 0.251 e. The highest BCUT2D eigenvalue weighted by atomic mass is 16.1. The van der Waals surface area contributed by atoms with Gasteiger partial charge in [0.1, 0.15) is 5.82 Å². The Morgan fingerprint density at radius 3 is 2.34 bits per heavy atom. The minimum atomic E-state index is -0.103. The lowest BCUT2D eigenvalue weighted by atomic mass is 10.1. The van der Waals surface area contributed by atoms with Gasteiger partial charge in [-0.3, -0.25) is 4.79 Å². The predicted molar refractivity (Wildman–Crippen MR) is 143 cm³/mol. The molecule has 1 heterocycles. The van der Waals surface area contributed by atoms with E-state index in [0.29, 0.717) is 18.7 Å². The van der Waals surface area contributed by atoms with Gasteiger partial charge in [-0.2, -0.15) is 0 Å². The van der Waals surface area contributed by atoms with Gasteiger partial charge < -0.3 is 14.8 Å². The number of hydrogen-bond donors (Lipinski definition) is 1. The van der Waals surface area contributed by atoms with Gasteiger partial charge in [-0.05, 0) is 47.5 Å². The second kappa shape index (κ2) is 9.85. The van der Waals surface area contributed by atoms with Gasteiger partial charge in [0.05, 0.1) is 11.0 Å². The topological polar surface area (TPSA) is 50.2 Å².